The number of hydrogen-bond acceptors (Lipinski definition) is 4. The Labute approximate surface area is 174 Å². The summed E-state index contributed by atoms with van der Waals surface area (Å²) in [6.45, 7) is -0.389. The van der Waals surface area contributed by atoms with Crippen molar-refractivity contribution in [2.45, 2.75) is 18.5 Å². The standard InChI is InChI=1S/C20H18F4N6O/c21-13-3-4-28(9-13)19(31)26-14-1-2-16(22)17(6-14)30-8-12-5-15(7-25-18(12)27-30)29-10-20(23,24)11-29/h1-2,5-8,13H,3-4,9-11H2,(H,26,31)/t13-/m1/s1. The van der Waals surface area contributed by atoms with Crippen molar-refractivity contribution in [2.75, 3.05) is 36.4 Å². The van der Waals surface area contributed by atoms with E-state index in [1.54, 1.807) is 12.3 Å². The summed E-state index contributed by atoms with van der Waals surface area (Å²) in [5.41, 5.74) is 1.28. The number of pyridine rings is 1. The average Bonchev–Trinajstić information content (AvgIpc) is 3.33. The second-order valence-electron chi connectivity index (χ2n) is 7.82. The van der Waals surface area contributed by atoms with Crippen LogP contribution in [0.3, 0.4) is 0 Å². The minimum absolute atomic E-state index is 0.0292. The van der Waals surface area contributed by atoms with Gasteiger partial charge in [-0.25, -0.2) is 32.0 Å². The molecule has 1 N–H and O–H groups in total. The SMILES string of the molecule is O=C(Nc1ccc(F)c(-n2cc3cc(N4CC(F)(F)C4)cnc3n2)c1)N1CC[C@@H](F)C1. The van der Waals surface area contributed by atoms with Crippen molar-refractivity contribution < 1.29 is 22.4 Å². The number of likely N-dealkylation sites (tertiary alicyclic amines) is 1. The number of benzene rings is 1. The lowest BCUT2D eigenvalue weighted by Gasteiger charge is -2.40. The molecule has 11 heteroatoms. The molecule has 5 rings (SSSR count). The topological polar surface area (TPSA) is 66.3 Å². The first-order chi connectivity index (χ1) is 14.8. The van der Waals surface area contributed by atoms with Crippen molar-refractivity contribution in [1.29, 1.82) is 0 Å². The Balaban J connectivity index is 1.39. The Hall–Kier alpha value is -3.37. The molecule has 162 valence electrons. The lowest BCUT2D eigenvalue weighted by atomic mass is 10.1. The maximum Gasteiger partial charge on any atom is 0.321 e. The van der Waals surface area contributed by atoms with Crippen LogP contribution in [-0.2, 0) is 0 Å². The largest absolute Gasteiger partial charge is 0.358 e. The molecule has 2 fully saturated rings. The van der Waals surface area contributed by atoms with Gasteiger partial charge >= 0.3 is 6.03 Å². The van der Waals surface area contributed by atoms with Gasteiger partial charge < -0.3 is 15.1 Å². The van der Waals surface area contributed by atoms with Gasteiger partial charge in [0.2, 0.25) is 0 Å². The summed E-state index contributed by atoms with van der Waals surface area (Å²) in [7, 11) is 0. The van der Waals surface area contributed by atoms with E-state index in [-0.39, 0.29) is 25.3 Å². The van der Waals surface area contributed by atoms with Crippen molar-refractivity contribution in [3.63, 3.8) is 0 Å². The zero-order chi connectivity index (χ0) is 21.8. The molecule has 0 aliphatic carbocycles. The Bertz CT molecular complexity index is 1160. The Morgan fingerprint density at radius 1 is 1.23 bits per heavy atom. The van der Waals surface area contributed by atoms with Gasteiger partial charge in [0, 0.05) is 23.8 Å². The van der Waals surface area contributed by atoms with Crippen LogP contribution >= 0.6 is 0 Å². The number of carbonyl (C=O) groups is 1. The Morgan fingerprint density at radius 3 is 2.74 bits per heavy atom. The molecule has 0 spiro atoms. The van der Waals surface area contributed by atoms with Crippen LogP contribution in [0.1, 0.15) is 6.42 Å². The summed E-state index contributed by atoms with van der Waals surface area (Å²) in [6, 6.07) is 5.23. The summed E-state index contributed by atoms with van der Waals surface area (Å²) < 4.78 is 55.4. The molecule has 2 aromatic heterocycles. The predicted molar refractivity (Wildman–Crippen MR) is 106 cm³/mol. The van der Waals surface area contributed by atoms with Gasteiger partial charge in [0.05, 0.1) is 31.5 Å². The quantitative estimate of drug-likeness (QED) is 0.640. The molecule has 2 amide bonds. The molecule has 2 aliphatic heterocycles. The van der Waals surface area contributed by atoms with Crippen LogP contribution in [0.25, 0.3) is 16.7 Å². The molecule has 1 aromatic carbocycles. The fraction of sp³-hybridized carbons (Fsp3) is 0.350. The molecule has 31 heavy (non-hydrogen) atoms. The zero-order valence-corrected chi connectivity index (χ0v) is 16.2. The lowest BCUT2D eigenvalue weighted by molar-refractivity contribution is -0.0262. The number of nitrogens with zero attached hydrogens (tertiary/aromatic N) is 5. The third-order valence-electron chi connectivity index (χ3n) is 5.42. The first-order valence-electron chi connectivity index (χ1n) is 9.75. The van der Waals surface area contributed by atoms with Crippen molar-refractivity contribution in [2.24, 2.45) is 0 Å². The number of halogens is 4. The van der Waals surface area contributed by atoms with Gasteiger partial charge in [0.25, 0.3) is 5.92 Å². The zero-order valence-electron chi connectivity index (χ0n) is 16.2. The van der Waals surface area contributed by atoms with E-state index in [1.807, 2.05) is 0 Å². The van der Waals surface area contributed by atoms with Gasteiger partial charge in [-0.3, -0.25) is 0 Å². The van der Waals surface area contributed by atoms with E-state index in [2.05, 4.69) is 15.4 Å². The van der Waals surface area contributed by atoms with Crippen LogP contribution in [0.4, 0.5) is 33.7 Å². The molecule has 0 saturated carbocycles. The summed E-state index contributed by atoms with van der Waals surface area (Å²) >= 11 is 0. The molecular weight excluding hydrogens is 416 g/mol. The van der Waals surface area contributed by atoms with Crippen LogP contribution in [0.5, 0.6) is 0 Å². The smallest absolute Gasteiger partial charge is 0.321 e. The molecule has 0 bridgehead atoms. The Morgan fingerprint density at radius 2 is 2.03 bits per heavy atom. The van der Waals surface area contributed by atoms with E-state index in [1.165, 1.54) is 38.9 Å². The maximum absolute atomic E-state index is 14.5. The highest BCUT2D eigenvalue weighted by atomic mass is 19.3. The number of fused-ring (bicyclic) bond motifs is 1. The number of rotatable bonds is 3. The molecule has 2 saturated heterocycles. The molecular formula is C20H18F4N6O. The first-order valence-corrected chi connectivity index (χ1v) is 9.75. The molecule has 3 aromatic rings. The van der Waals surface area contributed by atoms with E-state index in [4.69, 9.17) is 0 Å². The van der Waals surface area contributed by atoms with Gasteiger partial charge in [-0.1, -0.05) is 0 Å². The van der Waals surface area contributed by atoms with E-state index in [0.29, 0.717) is 35.4 Å². The van der Waals surface area contributed by atoms with Crippen molar-refractivity contribution in [3.05, 3.63) is 42.5 Å². The van der Waals surface area contributed by atoms with Gasteiger partial charge in [-0.2, -0.15) is 0 Å². The van der Waals surface area contributed by atoms with Gasteiger partial charge in [0.15, 0.2) is 5.65 Å². The van der Waals surface area contributed by atoms with Crippen LogP contribution in [-0.4, -0.2) is 64.0 Å². The third kappa shape index (κ3) is 3.75. The van der Waals surface area contributed by atoms with Crippen LogP contribution in [0.15, 0.2) is 36.7 Å². The minimum atomic E-state index is -2.70. The van der Waals surface area contributed by atoms with Gasteiger partial charge in [-0.15, -0.1) is 5.10 Å². The number of alkyl halides is 3. The summed E-state index contributed by atoms with van der Waals surface area (Å²) in [5.74, 6) is -3.27. The molecule has 1 atom stereocenters. The fourth-order valence-corrected chi connectivity index (χ4v) is 3.77. The van der Waals surface area contributed by atoms with Crippen molar-refractivity contribution >= 4 is 28.4 Å². The molecule has 0 unspecified atom stereocenters. The first kappa shape index (κ1) is 19.6. The lowest BCUT2D eigenvalue weighted by Crippen LogP contribution is -2.56. The predicted octanol–water partition coefficient (Wildman–Crippen LogP) is 3.59. The van der Waals surface area contributed by atoms with Crippen LogP contribution in [0, 0.1) is 5.82 Å². The van der Waals surface area contributed by atoms with Gasteiger partial charge in [-0.05, 0) is 30.7 Å². The monoisotopic (exact) mass is 434 g/mol. The number of aromatic nitrogens is 3. The van der Waals surface area contributed by atoms with E-state index >= 15 is 0 Å². The normalized spacial score (nSPS) is 20.2. The number of amides is 2. The number of urea groups is 1. The second-order valence-corrected chi connectivity index (χ2v) is 7.82. The number of nitrogens with one attached hydrogen (secondary N) is 1. The van der Waals surface area contributed by atoms with Crippen LogP contribution < -0.4 is 10.2 Å². The highest BCUT2D eigenvalue weighted by Gasteiger charge is 2.44. The average molecular weight is 434 g/mol. The number of anilines is 2. The summed E-state index contributed by atoms with van der Waals surface area (Å²) in [4.78, 5) is 19.3. The number of carbonyl (C=O) groups excluding carboxylic acids is 1. The molecule has 4 heterocycles. The summed E-state index contributed by atoms with van der Waals surface area (Å²) in [5, 5.41) is 7.45. The third-order valence-corrected chi connectivity index (χ3v) is 5.42. The van der Waals surface area contributed by atoms with E-state index in [9.17, 15) is 22.4 Å². The minimum Gasteiger partial charge on any atom is -0.358 e. The highest BCUT2D eigenvalue weighted by molar-refractivity contribution is 5.90. The fourth-order valence-electron chi connectivity index (χ4n) is 3.77. The summed E-state index contributed by atoms with van der Waals surface area (Å²) in [6.07, 6.45) is 2.26. The molecule has 0 radical (unpaired) electrons. The molecule has 7 nitrogen and oxygen atoms in total. The second kappa shape index (κ2) is 7.10. The Kier molecular flexibility index (Phi) is 4.49. The van der Waals surface area contributed by atoms with Gasteiger partial charge in [0.1, 0.15) is 17.7 Å². The van der Waals surface area contributed by atoms with E-state index in [0.717, 1.165) is 0 Å². The number of hydrogen-bond donors (Lipinski definition) is 1. The van der Waals surface area contributed by atoms with Crippen molar-refractivity contribution in [3.8, 4) is 5.69 Å². The molecule has 2 aliphatic rings. The van der Waals surface area contributed by atoms with E-state index < -0.39 is 23.9 Å². The van der Waals surface area contributed by atoms with Crippen molar-refractivity contribution in [1.82, 2.24) is 19.7 Å². The maximum atomic E-state index is 14.5. The van der Waals surface area contributed by atoms with Crippen LogP contribution in [0.2, 0.25) is 0 Å². The highest BCUT2D eigenvalue weighted by Crippen LogP contribution is 2.32.